The first-order valence-electron chi connectivity index (χ1n) is 4.27. The number of hydrogen-bond acceptors (Lipinski definition) is 4. The van der Waals surface area contributed by atoms with Gasteiger partial charge in [0, 0.05) is 0 Å². The van der Waals surface area contributed by atoms with Crippen LogP contribution in [0.25, 0.3) is 0 Å². The van der Waals surface area contributed by atoms with E-state index in [1.165, 1.54) is 6.33 Å². The first kappa shape index (κ1) is 9.92. The summed E-state index contributed by atoms with van der Waals surface area (Å²) < 4.78 is 24.1. The molecule has 1 fully saturated rings. The molecule has 0 spiro atoms. The van der Waals surface area contributed by atoms with Gasteiger partial charge in [0.05, 0.1) is 23.4 Å². The van der Waals surface area contributed by atoms with Crippen LogP contribution in [0.15, 0.2) is 6.33 Å². The zero-order valence-corrected chi connectivity index (χ0v) is 9.00. The smallest absolute Gasteiger partial charge is 0.152 e. The maximum absolute atomic E-state index is 11.2. The zero-order valence-electron chi connectivity index (χ0n) is 7.43. The van der Waals surface area contributed by atoms with Crippen molar-refractivity contribution >= 4 is 21.4 Å². The normalized spacial score (nSPS) is 25.4. The van der Waals surface area contributed by atoms with Gasteiger partial charge < -0.3 is 0 Å². The molecule has 2 rings (SSSR count). The highest BCUT2D eigenvalue weighted by atomic mass is 35.5. The molecular formula is C7H10ClN3O2S. The lowest BCUT2D eigenvalue weighted by Crippen LogP contribution is -2.14. The second kappa shape index (κ2) is 3.51. The summed E-state index contributed by atoms with van der Waals surface area (Å²) in [5, 5.41) is 3.99. The lowest BCUT2D eigenvalue weighted by Gasteiger charge is -2.09. The van der Waals surface area contributed by atoms with Crippen molar-refractivity contribution in [3.05, 3.63) is 12.2 Å². The Morgan fingerprint density at radius 2 is 2.43 bits per heavy atom. The molecular weight excluding hydrogens is 226 g/mol. The maximum Gasteiger partial charge on any atom is 0.152 e. The van der Waals surface area contributed by atoms with E-state index < -0.39 is 9.84 Å². The van der Waals surface area contributed by atoms with Crippen molar-refractivity contribution in [1.82, 2.24) is 14.8 Å². The van der Waals surface area contributed by atoms with Crippen LogP contribution in [0.4, 0.5) is 0 Å². The van der Waals surface area contributed by atoms with Crippen LogP contribution in [0.3, 0.4) is 0 Å². The Balaban J connectivity index is 2.25. The van der Waals surface area contributed by atoms with Gasteiger partial charge in [0.25, 0.3) is 0 Å². The molecule has 5 nitrogen and oxygen atoms in total. The first-order chi connectivity index (χ1) is 6.62. The zero-order chi connectivity index (χ0) is 10.2. The summed E-state index contributed by atoms with van der Waals surface area (Å²) in [6, 6.07) is -0.0868. The van der Waals surface area contributed by atoms with Crippen molar-refractivity contribution in [1.29, 1.82) is 0 Å². The van der Waals surface area contributed by atoms with Gasteiger partial charge in [-0.25, -0.2) is 18.1 Å². The minimum atomic E-state index is -2.88. The van der Waals surface area contributed by atoms with E-state index in [1.807, 2.05) is 0 Å². The van der Waals surface area contributed by atoms with E-state index in [4.69, 9.17) is 11.6 Å². The fourth-order valence-electron chi connectivity index (χ4n) is 1.64. The molecule has 0 N–H and O–H groups in total. The Morgan fingerprint density at radius 1 is 1.64 bits per heavy atom. The van der Waals surface area contributed by atoms with Gasteiger partial charge in [-0.1, -0.05) is 0 Å². The van der Waals surface area contributed by atoms with Crippen molar-refractivity contribution in [3.8, 4) is 0 Å². The molecule has 0 aromatic carbocycles. The number of halogens is 1. The van der Waals surface area contributed by atoms with E-state index in [1.54, 1.807) is 4.68 Å². The monoisotopic (exact) mass is 235 g/mol. The summed E-state index contributed by atoms with van der Waals surface area (Å²) >= 11 is 5.65. The topological polar surface area (TPSA) is 64.8 Å². The quantitative estimate of drug-likeness (QED) is 0.695. The second-order valence-electron chi connectivity index (χ2n) is 3.31. The molecule has 0 radical (unpaired) electrons. The summed E-state index contributed by atoms with van der Waals surface area (Å²) in [5.41, 5.74) is 0. The van der Waals surface area contributed by atoms with Gasteiger partial charge >= 0.3 is 0 Å². The van der Waals surface area contributed by atoms with Crippen molar-refractivity contribution < 1.29 is 8.42 Å². The predicted octanol–water partition coefficient (Wildman–Crippen LogP) is 0.376. The van der Waals surface area contributed by atoms with Gasteiger partial charge in [-0.15, -0.1) is 11.6 Å². The van der Waals surface area contributed by atoms with Crippen molar-refractivity contribution in [2.75, 3.05) is 11.5 Å². The van der Waals surface area contributed by atoms with Crippen LogP contribution in [0.1, 0.15) is 18.3 Å². The van der Waals surface area contributed by atoms with E-state index in [-0.39, 0.29) is 23.4 Å². The molecule has 1 aliphatic heterocycles. The van der Waals surface area contributed by atoms with Crippen molar-refractivity contribution in [2.45, 2.75) is 18.3 Å². The maximum atomic E-state index is 11.2. The number of nitrogens with zero attached hydrogens (tertiary/aromatic N) is 3. The summed E-state index contributed by atoms with van der Waals surface area (Å²) in [7, 11) is -2.88. The summed E-state index contributed by atoms with van der Waals surface area (Å²) in [5.74, 6) is 1.28. The van der Waals surface area contributed by atoms with Gasteiger partial charge in [-0.3, -0.25) is 0 Å². The lowest BCUT2D eigenvalue weighted by molar-refractivity contribution is 0.484. The predicted molar refractivity (Wildman–Crippen MR) is 51.9 cm³/mol. The molecule has 7 heteroatoms. The fraction of sp³-hybridized carbons (Fsp3) is 0.714. The minimum Gasteiger partial charge on any atom is -0.245 e. The summed E-state index contributed by atoms with van der Waals surface area (Å²) in [6.45, 7) is 0. The van der Waals surface area contributed by atoms with Crippen LogP contribution in [0.5, 0.6) is 0 Å². The van der Waals surface area contributed by atoms with Gasteiger partial charge in [-0.2, -0.15) is 5.10 Å². The van der Waals surface area contributed by atoms with E-state index in [9.17, 15) is 8.42 Å². The van der Waals surface area contributed by atoms with Crippen molar-refractivity contribution in [2.24, 2.45) is 0 Å². The van der Waals surface area contributed by atoms with Gasteiger partial charge in [0.2, 0.25) is 0 Å². The molecule has 14 heavy (non-hydrogen) atoms. The number of alkyl halides is 1. The van der Waals surface area contributed by atoms with E-state index in [0.717, 1.165) is 0 Å². The molecule has 1 saturated heterocycles. The largest absolute Gasteiger partial charge is 0.245 e. The number of hydrogen-bond donors (Lipinski definition) is 0. The molecule has 1 aromatic heterocycles. The second-order valence-corrected chi connectivity index (χ2v) is 5.81. The van der Waals surface area contributed by atoms with Crippen LogP contribution in [-0.2, 0) is 15.7 Å². The SMILES string of the molecule is O=S1(=O)CCC(n2ncnc2CCl)C1. The Kier molecular flexibility index (Phi) is 2.48. The molecule has 1 atom stereocenters. The van der Waals surface area contributed by atoms with E-state index >= 15 is 0 Å². The molecule has 0 saturated carbocycles. The number of rotatable bonds is 2. The molecule has 1 aliphatic rings. The Bertz CT molecular complexity index is 428. The minimum absolute atomic E-state index is 0.0868. The fourth-order valence-corrected chi connectivity index (χ4v) is 3.53. The molecule has 1 aromatic rings. The third kappa shape index (κ3) is 1.76. The number of sulfone groups is 1. The summed E-state index contributed by atoms with van der Waals surface area (Å²) in [4.78, 5) is 3.95. The standard InChI is InChI=1S/C7H10ClN3O2S/c8-3-7-9-5-10-11(7)6-1-2-14(12,13)4-6/h5-6H,1-4H2. The van der Waals surface area contributed by atoms with Crippen LogP contribution in [0, 0.1) is 0 Å². The van der Waals surface area contributed by atoms with Gasteiger partial charge in [0.15, 0.2) is 9.84 Å². The molecule has 0 aliphatic carbocycles. The van der Waals surface area contributed by atoms with Crippen LogP contribution in [-0.4, -0.2) is 34.7 Å². The van der Waals surface area contributed by atoms with Crippen LogP contribution in [0.2, 0.25) is 0 Å². The van der Waals surface area contributed by atoms with Crippen LogP contribution < -0.4 is 0 Å². The highest BCUT2D eigenvalue weighted by molar-refractivity contribution is 7.91. The third-order valence-corrected chi connectivity index (χ3v) is 4.31. The molecule has 0 bridgehead atoms. The molecule has 1 unspecified atom stereocenters. The number of aromatic nitrogens is 3. The summed E-state index contributed by atoms with van der Waals surface area (Å²) in [6.07, 6.45) is 2.01. The first-order valence-corrected chi connectivity index (χ1v) is 6.63. The Morgan fingerprint density at radius 3 is 3.00 bits per heavy atom. The highest BCUT2D eigenvalue weighted by Gasteiger charge is 2.30. The molecule has 78 valence electrons. The van der Waals surface area contributed by atoms with Gasteiger partial charge in [0.1, 0.15) is 12.2 Å². The van der Waals surface area contributed by atoms with Crippen LogP contribution >= 0.6 is 11.6 Å². The lowest BCUT2D eigenvalue weighted by atomic mass is 10.3. The highest BCUT2D eigenvalue weighted by Crippen LogP contribution is 2.23. The average molecular weight is 236 g/mol. The molecule has 2 heterocycles. The van der Waals surface area contributed by atoms with E-state index in [2.05, 4.69) is 10.1 Å². The van der Waals surface area contributed by atoms with Crippen molar-refractivity contribution in [3.63, 3.8) is 0 Å². The third-order valence-electron chi connectivity index (χ3n) is 2.32. The Hall–Kier alpha value is -0.620. The average Bonchev–Trinajstić information content (AvgIpc) is 2.70. The van der Waals surface area contributed by atoms with E-state index in [0.29, 0.717) is 12.2 Å². The molecule has 0 amide bonds. The van der Waals surface area contributed by atoms with Gasteiger partial charge in [-0.05, 0) is 6.42 Å². The Labute approximate surface area is 87.0 Å².